The molecule has 1 aliphatic heterocycles. The van der Waals surface area contributed by atoms with Crippen LogP contribution in [0.3, 0.4) is 0 Å². The molecule has 0 saturated carbocycles. The van der Waals surface area contributed by atoms with Gasteiger partial charge in [-0.1, -0.05) is 6.07 Å². The molecule has 1 aromatic rings. The van der Waals surface area contributed by atoms with Crippen LogP contribution in [0.1, 0.15) is 24.8 Å². The molecule has 1 unspecified atom stereocenters. The van der Waals surface area contributed by atoms with Gasteiger partial charge in [0.15, 0.2) is 11.6 Å². The molecule has 1 heterocycles. The van der Waals surface area contributed by atoms with Gasteiger partial charge < -0.3 is 15.4 Å². The minimum absolute atomic E-state index is 0.0214. The number of carbonyl (C=O) groups is 1. The van der Waals surface area contributed by atoms with Crippen molar-refractivity contribution in [1.82, 2.24) is 10.6 Å². The number of amides is 1. The maximum Gasteiger partial charge on any atom is 0.220 e. The first-order chi connectivity index (χ1) is 9.69. The van der Waals surface area contributed by atoms with Crippen LogP contribution in [-0.2, 0) is 11.3 Å². The Balaban J connectivity index is 1.73. The molecule has 0 spiro atoms. The van der Waals surface area contributed by atoms with Crippen molar-refractivity contribution in [3.05, 3.63) is 29.6 Å². The van der Waals surface area contributed by atoms with Crippen LogP contribution in [0.2, 0.25) is 0 Å². The van der Waals surface area contributed by atoms with Crippen molar-refractivity contribution in [2.75, 3.05) is 20.2 Å². The quantitative estimate of drug-likeness (QED) is 0.836. The third kappa shape index (κ3) is 4.20. The molecular weight excluding hydrogens is 259 g/mol. The molecule has 0 bridgehead atoms. The van der Waals surface area contributed by atoms with E-state index in [0.717, 1.165) is 31.5 Å². The Morgan fingerprint density at radius 3 is 3.05 bits per heavy atom. The lowest BCUT2D eigenvalue weighted by Gasteiger charge is -2.09. The topological polar surface area (TPSA) is 50.4 Å². The van der Waals surface area contributed by atoms with E-state index >= 15 is 0 Å². The number of rotatable bonds is 6. The molecule has 4 nitrogen and oxygen atoms in total. The first kappa shape index (κ1) is 14.8. The fourth-order valence-corrected chi connectivity index (χ4v) is 2.40. The van der Waals surface area contributed by atoms with E-state index in [4.69, 9.17) is 4.74 Å². The van der Waals surface area contributed by atoms with Gasteiger partial charge in [0, 0.05) is 13.0 Å². The van der Waals surface area contributed by atoms with Crippen molar-refractivity contribution in [3.8, 4) is 5.75 Å². The summed E-state index contributed by atoms with van der Waals surface area (Å²) < 4.78 is 18.3. The van der Waals surface area contributed by atoms with Gasteiger partial charge in [-0.15, -0.1) is 0 Å². The minimum Gasteiger partial charge on any atom is -0.494 e. The van der Waals surface area contributed by atoms with Crippen molar-refractivity contribution in [1.29, 1.82) is 0 Å². The van der Waals surface area contributed by atoms with Crippen LogP contribution in [0.5, 0.6) is 5.75 Å². The normalized spacial score (nSPS) is 18.0. The molecule has 0 aliphatic carbocycles. The van der Waals surface area contributed by atoms with Crippen LogP contribution < -0.4 is 15.4 Å². The molecule has 1 aliphatic rings. The zero-order valence-corrected chi connectivity index (χ0v) is 11.7. The Labute approximate surface area is 118 Å². The molecule has 110 valence electrons. The number of carbonyl (C=O) groups excluding carboxylic acids is 1. The summed E-state index contributed by atoms with van der Waals surface area (Å²) in [4.78, 5) is 11.7. The molecule has 2 rings (SSSR count). The summed E-state index contributed by atoms with van der Waals surface area (Å²) in [6.45, 7) is 2.41. The van der Waals surface area contributed by atoms with E-state index in [1.54, 1.807) is 12.1 Å². The van der Waals surface area contributed by atoms with Gasteiger partial charge in [-0.2, -0.15) is 0 Å². The lowest BCUT2D eigenvalue weighted by molar-refractivity contribution is -0.121. The second-order valence-corrected chi connectivity index (χ2v) is 5.14. The fourth-order valence-electron chi connectivity index (χ4n) is 2.40. The second-order valence-electron chi connectivity index (χ2n) is 5.14. The second kappa shape index (κ2) is 7.24. The molecule has 1 amide bonds. The van der Waals surface area contributed by atoms with Crippen LogP contribution in [0.25, 0.3) is 0 Å². The van der Waals surface area contributed by atoms with Gasteiger partial charge in [0.2, 0.25) is 5.91 Å². The van der Waals surface area contributed by atoms with Crippen molar-refractivity contribution < 1.29 is 13.9 Å². The average Bonchev–Trinajstić information content (AvgIpc) is 2.96. The van der Waals surface area contributed by atoms with E-state index in [2.05, 4.69) is 10.6 Å². The van der Waals surface area contributed by atoms with E-state index in [0.29, 0.717) is 18.9 Å². The third-order valence-electron chi connectivity index (χ3n) is 3.65. The highest BCUT2D eigenvalue weighted by Crippen LogP contribution is 2.18. The summed E-state index contributed by atoms with van der Waals surface area (Å²) >= 11 is 0. The Bertz CT molecular complexity index is 459. The molecule has 0 aromatic heterocycles. The molecule has 1 aromatic carbocycles. The SMILES string of the molecule is COc1ccc(CNC(=O)CCC2CCNC2)cc1F. The third-order valence-corrected chi connectivity index (χ3v) is 3.65. The molecule has 1 fully saturated rings. The van der Waals surface area contributed by atoms with Gasteiger partial charge >= 0.3 is 0 Å². The number of nitrogens with one attached hydrogen (secondary N) is 2. The molecule has 5 heteroatoms. The van der Waals surface area contributed by atoms with Gasteiger partial charge in [-0.25, -0.2) is 4.39 Å². The lowest BCUT2D eigenvalue weighted by Crippen LogP contribution is -2.23. The summed E-state index contributed by atoms with van der Waals surface area (Å²) in [5, 5.41) is 6.11. The molecule has 20 heavy (non-hydrogen) atoms. The summed E-state index contributed by atoms with van der Waals surface area (Å²) in [5.74, 6) is 0.442. The number of hydrogen-bond donors (Lipinski definition) is 2. The maximum absolute atomic E-state index is 13.5. The van der Waals surface area contributed by atoms with E-state index in [-0.39, 0.29) is 11.7 Å². The highest BCUT2D eigenvalue weighted by atomic mass is 19.1. The molecule has 1 atom stereocenters. The highest BCUT2D eigenvalue weighted by molar-refractivity contribution is 5.75. The lowest BCUT2D eigenvalue weighted by atomic mass is 10.0. The maximum atomic E-state index is 13.5. The van der Waals surface area contributed by atoms with E-state index in [1.165, 1.54) is 13.2 Å². The van der Waals surface area contributed by atoms with Gasteiger partial charge in [0.25, 0.3) is 0 Å². The van der Waals surface area contributed by atoms with E-state index in [9.17, 15) is 9.18 Å². The summed E-state index contributed by atoms with van der Waals surface area (Å²) in [7, 11) is 1.43. The number of benzene rings is 1. The highest BCUT2D eigenvalue weighted by Gasteiger charge is 2.15. The number of halogens is 1. The van der Waals surface area contributed by atoms with E-state index < -0.39 is 5.82 Å². The molecule has 0 radical (unpaired) electrons. The molecule has 2 N–H and O–H groups in total. The minimum atomic E-state index is -0.406. The van der Waals surface area contributed by atoms with Gasteiger partial charge in [-0.05, 0) is 49.5 Å². The standard InChI is InChI=1S/C15H21FN2O2/c1-20-14-4-2-12(8-13(14)16)10-18-15(19)5-3-11-6-7-17-9-11/h2,4,8,11,17H,3,5-7,9-10H2,1H3,(H,18,19). The van der Waals surface area contributed by atoms with Gasteiger partial charge in [0.1, 0.15) is 0 Å². The smallest absolute Gasteiger partial charge is 0.220 e. The van der Waals surface area contributed by atoms with Crippen LogP contribution in [0.15, 0.2) is 18.2 Å². The summed E-state index contributed by atoms with van der Waals surface area (Å²) in [6, 6.07) is 4.71. The first-order valence-electron chi connectivity index (χ1n) is 6.99. The number of methoxy groups -OCH3 is 1. The molecular formula is C15H21FN2O2. The first-order valence-corrected chi connectivity index (χ1v) is 6.99. The zero-order chi connectivity index (χ0) is 14.4. The Morgan fingerprint density at radius 2 is 2.40 bits per heavy atom. The predicted molar refractivity (Wildman–Crippen MR) is 75.0 cm³/mol. The van der Waals surface area contributed by atoms with Crippen molar-refractivity contribution >= 4 is 5.91 Å². The largest absolute Gasteiger partial charge is 0.494 e. The van der Waals surface area contributed by atoms with Crippen LogP contribution in [0.4, 0.5) is 4.39 Å². The number of ether oxygens (including phenoxy) is 1. The van der Waals surface area contributed by atoms with Crippen molar-refractivity contribution in [2.45, 2.75) is 25.8 Å². The monoisotopic (exact) mass is 280 g/mol. The van der Waals surface area contributed by atoms with Gasteiger partial charge in [-0.3, -0.25) is 4.79 Å². The van der Waals surface area contributed by atoms with Crippen LogP contribution in [0, 0.1) is 11.7 Å². The van der Waals surface area contributed by atoms with Crippen LogP contribution in [-0.4, -0.2) is 26.1 Å². The van der Waals surface area contributed by atoms with Crippen molar-refractivity contribution in [2.24, 2.45) is 5.92 Å². The summed E-state index contributed by atoms with van der Waals surface area (Å²) in [6.07, 6.45) is 2.60. The Hall–Kier alpha value is -1.62. The predicted octanol–water partition coefficient (Wildman–Crippen LogP) is 1.84. The van der Waals surface area contributed by atoms with E-state index in [1.807, 2.05) is 0 Å². The average molecular weight is 280 g/mol. The fraction of sp³-hybridized carbons (Fsp3) is 0.533. The Kier molecular flexibility index (Phi) is 5.35. The van der Waals surface area contributed by atoms with Crippen LogP contribution >= 0.6 is 0 Å². The Morgan fingerprint density at radius 1 is 1.55 bits per heavy atom. The van der Waals surface area contributed by atoms with Gasteiger partial charge in [0.05, 0.1) is 7.11 Å². The van der Waals surface area contributed by atoms with Crippen molar-refractivity contribution in [3.63, 3.8) is 0 Å². The molecule has 1 saturated heterocycles. The zero-order valence-electron chi connectivity index (χ0n) is 11.7. The number of hydrogen-bond acceptors (Lipinski definition) is 3. The summed E-state index contributed by atoms with van der Waals surface area (Å²) in [5.41, 5.74) is 0.735.